The predicted octanol–water partition coefficient (Wildman–Crippen LogP) is 3.65. The molecule has 7 nitrogen and oxygen atoms in total. The number of benzene rings is 2. The number of carbonyl (C=O) groups is 2. The summed E-state index contributed by atoms with van der Waals surface area (Å²) in [6.45, 7) is 0.238. The fourth-order valence-electron chi connectivity index (χ4n) is 3.61. The minimum atomic E-state index is -1.04. The summed E-state index contributed by atoms with van der Waals surface area (Å²) >= 11 is 0. The Bertz CT molecular complexity index is 1120. The second-order valence-electron chi connectivity index (χ2n) is 6.72. The van der Waals surface area contributed by atoms with Crippen LogP contribution < -0.4 is 5.32 Å². The zero-order valence-corrected chi connectivity index (χ0v) is 16.0. The molecule has 3 aromatic rings. The summed E-state index contributed by atoms with van der Waals surface area (Å²) in [6.07, 6.45) is 1.93. The van der Waals surface area contributed by atoms with Gasteiger partial charge in [0.2, 0.25) is 0 Å². The molecule has 0 bridgehead atoms. The number of aromatic nitrogens is 2. The molecule has 2 N–H and O–H groups in total. The first-order valence-electron chi connectivity index (χ1n) is 9.22. The molecular weight excluding hydrogens is 394 g/mol. The molecule has 2 heterocycles. The van der Waals surface area contributed by atoms with Crippen LogP contribution in [0.1, 0.15) is 33.4 Å². The Morgan fingerprint density at radius 1 is 1.20 bits per heavy atom. The maximum Gasteiger partial charge on any atom is 0.339 e. The molecule has 154 valence electrons. The summed E-state index contributed by atoms with van der Waals surface area (Å²) in [4.78, 5) is 33.7. The first kappa shape index (κ1) is 19.6. The molecule has 1 aliphatic rings. The quantitative estimate of drug-likeness (QED) is 0.643. The second-order valence-corrected chi connectivity index (χ2v) is 6.72. The van der Waals surface area contributed by atoms with Gasteiger partial charge in [-0.15, -0.1) is 0 Å². The molecule has 0 radical (unpaired) electrons. The third kappa shape index (κ3) is 3.38. The molecule has 30 heavy (non-hydrogen) atoms. The first-order chi connectivity index (χ1) is 14.5. The van der Waals surface area contributed by atoms with Gasteiger partial charge in [-0.05, 0) is 18.2 Å². The van der Waals surface area contributed by atoms with Crippen molar-refractivity contribution in [1.29, 1.82) is 0 Å². The number of rotatable bonds is 3. The molecule has 0 saturated heterocycles. The van der Waals surface area contributed by atoms with Gasteiger partial charge in [-0.25, -0.2) is 23.4 Å². The minimum absolute atomic E-state index is 0.000506. The van der Waals surface area contributed by atoms with Crippen molar-refractivity contribution in [2.24, 2.45) is 0 Å². The molecule has 2 aromatic carbocycles. The zero-order valence-electron chi connectivity index (χ0n) is 16.0. The summed E-state index contributed by atoms with van der Waals surface area (Å²) in [7, 11) is 1.24. The molecule has 0 aliphatic carbocycles. The van der Waals surface area contributed by atoms with Crippen LogP contribution in [0.4, 0.5) is 19.3 Å². The molecule has 1 atom stereocenters. The Kier molecular flexibility index (Phi) is 5.18. The average molecular weight is 412 g/mol. The van der Waals surface area contributed by atoms with E-state index in [1.54, 1.807) is 18.2 Å². The van der Waals surface area contributed by atoms with Crippen molar-refractivity contribution >= 4 is 17.7 Å². The minimum Gasteiger partial charge on any atom is -0.465 e. The third-order valence-electron chi connectivity index (χ3n) is 5.04. The number of H-pyrrole nitrogens is 1. The number of imidazole rings is 1. The van der Waals surface area contributed by atoms with Gasteiger partial charge in [0.05, 0.1) is 30.4 Å². The van der Waals surface area contributed by atoms with Gasteiger partial charge in [-0.3, -0.25) is 0 Å². The molecule has 0 unspecified atom stereocenters. The number of amides is 2. The molecule has 0 spiro atoms. The van der Waals surface area contributed by atoms with Gasteiger partial charge >= 0.3 is 12.0 Å². The molecule has 0 fully saturated rings. The number of ether oxygens (including phenoxy) is 1. The number of nitrogens with one attached hydrogen (secondary N) is 2. The number of aromatic amines is 1. The van der Waals surface area contributed by atoms with E-state index < -0.39 is 29.7 Å². The fourth-order valence-corrected chi connectivity index (χ4v) is 3.61. The van der Waals surface area contributed by atoms with E-state index in [2.05, 4.69) is 15.3 Å². The van der Waals surface area contributed by atoms with E-state index in [1.807, 2.05) is 0 Å². The van der Waals surface area contributed by atoms with E-state index in [4.69, 9.17) is 4.74 Å². The van der Waals surface area contributed by atoms with E-state index in [0.717, 1.165) is 11.8 Å². The monoisotopic (exact) mass is 412 g/mol. The number of methoxy groups -OCH3 is 1. The molecule has 9 heteroatoms. The van der Waals surface area contributed by atoms with E-state index in [1.165, 1.54) is 36.5 Å². The molecule has 1 aromatic heterocycles. The van der Waals surface area contributed by atoms with Gasteiger partial charge in [0, 0.05) is 24.2 Å². The smallest absolute Gasteiger partial charge is 0.339 e. The number of halogens is 2. The normalized spacial score (nSPS) is 15.4. The van der Waals surface area contributed by atoms with Crippen LogP contribution in [0.5, 0.6) is 0 Å². The number of hydrogen-bond donors (Lipinski definition) is 2. The van der Waals surface area contributed by atoms with Crippen molar-refractivity contribution in [1.82, 2.24) is 14.9 Å². The summed E-state index contributed by atoms with van der Waals surface area (Å²) in [5.74, 6) is -2.65. The fraction of sp³-hybridized carbons (Fsp3) is 0.190. The lowest BCUT2D eigenvalue weighted by molar-refractivity contribution is 0.0602. The number of para-hydroxylation sites is 1. The highest BCUT2D eigenvalue weighted by Gasteiger charge is 2.36. The molecule has 1 aliphatic heterocycles. The van der Waals surface area contributed by atoms with Crippen LogP contribution >= 0.6 is 0 Å². The highest BCUT2D eigenvalue weighted by atomic mass is 19.2. The predicted molar refractivity (Wildman–Crippen MR) is 104 cm³/mol. The Morgan fingerprint density at radius 2 is 2.00 bits per heavy atom. The number of nitrogens with zero attached hydrogens (tertiary/aromatic N) is 2. The van der Waals surface area contributed by atoms with E-state index in [-0.39, 0.29) is 23.4 Å². The largest absolute Gasteiger partial charge is 0.465 e. The van der Waals surface area contributed by atoms with Crippen LogP contribution in [0.15, 0.2) is 48.8 Å². The van der Waals surface area contributed by atoms with Gasteiger partial charge in [-0.2, -0.15) is 0 Å². The standard InChI is InChI=1S/C21H18F2N4O3/c1-30-20(28)12-5-2-3-8-15(12)26-21(29)27-10-9-16-18(25-11-24-16)19(27)13-6-4-7-14(22)17(13)23/h2-8,11,19H,9-10H2,1H3,(H,24,25)(H,26,29)/t19-/m0/s1. The maximum atomic E-state index is 14.6. The number of esters is 1. The van der Waals surface area contributed by atoms with Crippen LogP contribution in [0.25, 0.3) is 0 Å². The third-order valence-corrected chi connectivity index (χ3v) is 5.04. The van der Waals surface area contributed by atoms with Gasteiger partial charge in [0.25, 0.3) is 0 Å². The van der Waals surface area contributed by atoms with Crippen molar-refractivity contribution in [3.63, 3.8) is 0 Å². The molecule has 2 amide bonds. The Labute approximate surface area is 170 Å². The number of hydrogen-bond acceptors (Lipinski definition) is 4. The van der Waals surface area contributed by atoms with E-state index in [9.17, 15) is 18.4 Å². The first-order valence-corrected chi connectivity index (χ1v) is 9.22. The Hall–Kier alpha value is -3.75. The van der Waals surface area contributed by atoms with Crippen molar-refractivity contribution in [2.45, 2.75) is 12.5 Å². The highest BCUT2D eigenvalue weighted by Crippen LogP contribution is 2.35. The summed E-state index contributed by atoms with van der Waals surface area (Å²) in [5, 5.41) is 2.68. The van der Waals surface area contributed by atoms with Crippen molar-refractivity contribution in [2.75, 3.05) is 19.0 Å². The summed E-state index contributed by atoms with van der Waals surface area (Å²) in [5.41, 5.74) is 1.63. The number of anilines is 1. The summed E-state index contributed by atoms with van der Waals surface area (Å²) < 4.78 is 33.3. The highest BCUT2D eigenvalue weighted by molar-refractivity contribution is 6.01. The number of urea groups is 1. The van der Waals surface area contributed by atoms with Crippen LogP contribution in [-0.2, 0) is 11.2 Å². The van der Waals surface area contributed by atoms with Gasteiger partial charge < -0.3 is 19.9 Å². The van der Waals surface area contributed by atoms with Crippen LogP contribution in [0.3, 0.4) is 0 Å². The van der Waals surface area contributed by atoms with Crippen molar-refractivity contribution in [3.8, 4) is 0 Å². The van der Waals surface area contributed by atoms with Gasteiger partial charge in [-0.1, -0.05) is 24.3 Å². The maximum absolute atomic E-state index is 14.6. The van der Waals surface area contributed by atoms with Gasteiger partial charge in [0.1, 0.15) is 6.04 Å². The average Bonchev–Trinajstić information content (AvgIpc) is 3.24. The topological polar surface area (TPSA) is 87.3 Å². The van der Waals surface area contributed by atoms with Crippen LogP contribution in [-0.4, -0.2) is 40.5 Å². The SMILES string of the molecule is COC(=O)c1ccccc1NC(=O)N1CCc2[nH]cnc2[C@@H]1c1cccc(F)c1F. The lowest BCUT2D eigenvalue weighted by Crippen LogP contribution is -2.43. The van der Waals surface area contributed by atoms with E-state index >= 15 is 0 Å². The summed E-state index contributed by atoms with van der Waals surface area (Å²) in [6, 6.07) is 8.71. The van der Waals surface area contributed by atoms with Gasteiger partial charge in [0.15, 0.2) is 11.6 Å². The molecule has 0 saturated carbocycles. The van der Waals surface area contributed by atoms with Crippen molar-refractivity contribution in [3.05, 3.63) is 82.9 Å². The van der Waals surface area contributed by atoms with E-state index in [0.29, 0.717) is 12.1 Å². The lowest BCUT2D eigenvalue weighted by Gasteiger charge is -2.35. The van der Waals surface area contributed by atoms with Crippen molar-refractivity contribution < 1.29 is 23.1 Å². The second kappa shape index (κ2) is 7.94. The van der Waals surface area contributed by atoms with Crippen LogP contribution in [0.2, 0.25) is 0 Å². The van der Waals surface area contributed by atoms with Crippen LogP contribution in [0, 0.1) is 11.6 Å². The molecule has 4 rings (SSSR count). The number of carbonyl (C=O) groups excluding carboxylic acids is 2. The Morgan fingerprint density at radius 3 is 2.80 bits per heavy atom. The lowest BCUT2D eigenvalue weighted by atomic mass is 9.95. The molecular formula is C21H18F2N4O3. The number of fused-ring (bicyclic) bond motifs is 1. The Balaban J connectivity index is 1.72. The zero-order chi connectivity index (χ0) is 21.3.